The Morgan fingerprint density at radius 2 is 1.95 bits per heavy atom. The molecule has 2 aliphatic rings. The van der Waals surface area contributed by atoms with Gasteiger partial charge in [-0.1, -0.05) is 31.2 Å². The molecule has 0 aromatic heterocycles. The molecule has 2 fully saturated rings. The first-order valence-corrected chi connectivity index (χ1v) is 14.6. The molecule has 1 heterocycles. The van der Waals surface area contributed by atoms with E-state index in [1.807, 2.05) is 58.9 Å². The van der Waals surface area contributed by atoms with Crippen LogP contribution in [0.25, 0.3) is 11.1 Å². The van der Waals surface area contributed by atoms with Crippen LogP contribution in [0.2, 0.25) is 0 Å². The average molecular weight is 547 g/mol. The van der Waals surface area contributed by atoms with Gasteiger partial charge in [-0.2, -0.15) is 0 Å². The standard InChI is InChI=1S/C34H46N2O4/c1-8-11-31(24(3)9-2)38-22-26-18-29(21-30(19-26)36-16-17-39-34(23-36)14-15-34)28-13-10-12-27(20-28)25(4)35-32(37)40-33(5,6)7/h8,10-13,18-21,25H,9,14-17,22-23H2,1-7H3,(H,35,37)/b11-8-,31-24-. The van der Waals surface area contributed by atoms with E-state index in [1.54, 1.807) is 0 Å². The molecule has 6 heteroatoms. The van der Waals surface area contributed by atoms with E-state index in [0.717, 1.165) is 67.0 Å². The van der Waals surface area contributed by atoms with Crippen molar-refractivity contribution in [3.8, 4) is 11.1 Å². The van der Waals surface area contributed by atoms with Crippen LogP contribution >= 0.6 is 0 Å². The summed E-state index contributed by atoms with van der Waals surface area (Å²) >= 11 is 0. The number of nitrogens with zero attached hydrogens (tertiary/aromatic N) is 1. The van der Waals surface area contributed by atoms with Gasteiger partial charge in [0.05, 0.1) is 18.2 Å². The minimum absolute atomic E-state index is 0.0354. The molecule has 2 aromatic carbocycles. The largest absolute Gasteiger partial charge is 0.489 e. The maximum atomic E-state index is 12.4. The molecule has 0 bridgehead atoms. The molecule has 216 valence electrons. The number of anilines is 1. The summed E-state index contributed by atoms with van der Waals surface area (Å²) in [6, 6.07) is 14.9. The molecule has 1 spiro atoms. The van der Waals surface area contributed by atoms with Gasteiger partial charge in [-0.15, -0.1) is 0 Å². The lowest BCUT2D eigenvalue weighted by molar-refractivity contribution is 0.0206. The topological polar surface area (TPSA) is 60.0 Å². The van der Waals surface area contributed by atoms with Gasteiger partial charge in [0.2, 0.25) is 0 Å². The fourth-order valence-electron chi connectivity index (χ4n) is 4.97. The third-order valence-electron chi connectivity index (χ3n) is 7.52. The number of morpholine rings is 1. The quantitative estimate of drug-likeness (QED) is 0.254. The van der Waals surface area contributed by atoms with Crippen LogP contribution in [0.4, 0.5) is 10.5 Å². The molecular formula is C34H46N2O4. The maximum Gasteiger partial charge on any atom is 0.408 e. The number of ether oxygens (including phenoxy) is 3. The Kier molecular flexibility index (Phi) is 9.29. The summed E-state index contributed by atoms with van der Waals surface area (Å²) < 4.78 is 17.9. The smallest absolute Gasteiger partial charge is 0.408 e. The number of hydrogen-bond acceptors (Lipinski definition) is 5. The second-order valence-electron chi connectivity index (χ2n) is 12.1. The number of nitrogens with one attached hydrogen (secondary N) is 1. The van der Waals surface area contributed by atoms with Crippen molar-refractivity contribution in [2.75, 3.05) is 24.6 Å². The third-order valence-corrected chi connectivity index (χ3v) is 7.52. The van der Waals surface area contributed by atoms with Crippen molar-refractivity contribution in [3.05, 3.63) is 77.1 Å². The van der Waals surface area contributed by atoms with Crippen molar-refractivity contribution < 1.29 is 19.0 Å². The summed E-state index contributed by atoms with van der Waals surface area (Å²) in [4.78, 5) is 14.8. The fraction of sp³-hybridized carbons (Fsp3) is 0.500. The Bertz CT molecular complexity index is 1250. The van der Waals surface area contributed by atoms with Crippen LogP contribution in [-0.4, -0.2) is 37.0 Å². The first-order chi connectivity index (χ1) is 19.0. The molecule has 1 aliphatic carbocycles. The first kappa shape index (κ1) is 29.7. The molecule has 6 nitrogen and oxygen atoms in total. The monoisotopic (exact) mass is 546 g/mol. The van der Waals surface area contributed by atoms with E-state index in [-0.39, 0.29) is 11.6 Å². The van der Waals surface area contributed by atoms with Crippen molar-refractivity contribution in [1.82, 2.24) is 5.32 Å². The van der Waals surface area contributed by atoms with Crippen molar-refractivity contribution >= 4 is 11.8 Å². The molecule has 1 saturated heterocycles. The van der Waals surface area contributed by atoms with Gasteiger partial charge in [0.25, 0.3) is 0 Å². The van der Waals surface area contributed by atoms with E-state index >= 15 is 0 Å². The summed E-state index contributed by atoms with van der Waals surface area (Å²) in [7, 11) is 0. The molecule has 40 heavy (non-hydrogen) atoms. The Hall–Kier alpha value is -3.25. The molecule has 4 rings (SSSR count). The average Bonchev–Trinajstić information content (AvgIpc) is 3.67. The van der Waals surface area contributed by atoms with Gasteiger partial charge >= 0.3 is 6.09 Å². The molecular weight excluding hydrogens is 500 g/mol. The first-order valence-electron chi connectivity index (χ1n) is 14.6. The molecule has 0 radical (unpaired) electrons. The SMILES string of the molecule is C/C=C\C(OCc1cc(-c2cccc(C(C)NC(=O)OC(C)(C)C)c2)cc(N2CCOC3(CC3)C2)c1)=C(/C)CC. The number of amides is 1. The van der Waals surface area contributed by atoms with Crippen LogP contribution in [0.5, 0.6) is 0 Å². The van der Waals surface area contributed by atoms with E-state index in [4.69, 9.17) is 14.2 Å². The van der Waals surface area contributed by atoms with Crippen LogP contribution in [0, 0.1) is 0 Å². The zero-order valence-electron chi connectivity index (χ0n) is 25.3. The normalized spacial score (nSPS) is 17.9. The van der Waals surface area contributed by atoms with Crippen LogP contribution in [0.3, 0.4) is 0 Å². The number of carbonyl (C=O) groups is 1. The van der Waals surface area contributed by atoms with Crippen molar-refractivity contribution in [2.45, 2.75) is 91.6 Å². The molecule has 2 aromatic rings. The van der Waals surface area contributed by atoms with Gasteiger partial charge in [0.1, 0.15) is 18.0 Å². The Labute approximate surface area is 240 Å². The Morgan fingerprint density at radius 1 is 1.18 bits per heavy atom. The lowest BCUT2D eigenvalue weighted by atomic mass is 9.97. The number of rotatable bonds is 9. The minimum Gasteiger partial charge on any atom is -0.489 e. The Morgan fingerprint density at radius 3 is 2.62 bits per heavy atom. The molecule has 1 atom stereocenters. The second kappa shape index (κ2) is 12.5. The molecule has 1 saturated carbocycles. The second-order valence-corrected chi connectivity index (χ2v) is 12.1. The summed E-state index contributed by atoms with van der Waals surface area (Å²) in [6.07, 6.45) is 6.88. The van der Waals surface area contributed by atoms with Gasteiger partial charge in [0.15, 0.2) is 0 Å². The summed E-state index contributed by atoms with van der Waals surface area (Å²) in [5.74, 6) is 0.935. The van der Waals surface area contributed by atoms with Gasteiger partial charge in [-0.3, -0.25) is 0 Å². The zero-order chi connectivity index (χ0) is 28.9. The number of carbonyl (C=O) groups excluding carboxylic acids is 1. The number of alkyl carbamates (subject to hydrolysis) is 1. The van der Waals surface area contributed by atoms with Crippen LogP contribution in [-0.2, 0) is 20.8 Å². The van der Waals surface area contributed by atoms with Gasteiger partial charge < -0.3 is 24.4 Å². The lowest BCUT2D eigenvalue weighted by Crippen LogP contribution is -2.44. The molecule has 1 N–H and O–H groups in total. The highest BCUT2D eigenvalue weighted by Crippen LogP contribution is 2.43. The number of hydrogen-bond donors (Lipinski definition) is 1. The summed E-state index contributed by atoms with van der Waals surface area (Å²) in [5.41, 5.74) is 6.29. The minimum atomic E-state index is -0.541. The highest BCUT2D eigenvalue weighted by molar-refractivity contribution is 5.72. The fourth-order valence-corrected chi connectivity index (χ4v) is 4.97. The van der Waals surface area contributed by atoms with Gasteiger partial charge in [-0.05, 0) is 119 Å². The molecule has 1 amide bonds. The predicted molar refractivity (Wildman–Crippen MR) is 162 cm³/mol. The van der Waals surface area contributed by atoms with Crippen LogP contribution in [0.1, 0.15) is 84.9 Å². The Balaban J connectivity index is 1.63. The summed E-state index contributed by atoms with van der Waals surface area (Å²) in [5, 5.41) is 2.97. The van der Waals surface area contributed by atoms with Crippen molar-refractivity contribution in [1.29, 1.82) is 0 Å². The number of benzene rings is 2. The maximum absolute atomic E-state index is 12.4. The van der Waals surface area contributed by atoms with Crippen LogP contribution < -0.4 is 10.2 Å². The van der Waals surface area contributed by atoms with E-state index < -0.39 is 11.7 Å². The van der Waals surface area contributed by atoms with E-state index in [2.05, 4.69) is 54.4 Å². The number of allylic oxidation sites excluding steroid dienone is 3. The molecule has 1 unspecified atom stereocenters. The van der Waals surface area contributed by atoms with Crippen molar-refractivity contribution in [3.63, 3.8) is 0 Å². The predicted octanol–water partition coefficient (Wildman–Crippen LogP) is 8.09. The van der Waals surface area contributed by atoms with E-state index in [0.29, 0.717) is 6.61 Å². The van der Waals surface area contributed by atoms with Gasteiger partial charge in [0, 0.05) is 18.8 Å². The lowest BCUT2D eigenvalue weighted by Gasteiger charge is -2.35. The third kappa shape index (κ3) is 7.91. The zero-order valence-corrected chi connectivity index (χ0v) is 25.3. The van der Waals surface area contributed by atoms with E-state index in [9.17, 15) is 4.79 Å². The van der Waals surface area contributed by atoms with Gasteiger partial charge in [-0.25, -0.2) is 4.79 Å². The highest BCUT2D eigenvalue weighted by Gasteiger charge is 2.47. The molecule has 1 aliphatic heterocycles. The van der Waals surface area contributed by atoms with E-state index in [1.165, 1.54) is 11.3 Å². The van der Waals surface area contributed by atoms with Crippen molar-refractivity contribution in [2.24, 2.45) is 0 Å². The highest BCUT2D eigenvalue weighted by atomic mass is 16.6. The van der Waals surface area contributed by atoms with Crippen LogP contribution in [0.15, 0.2) is 65.9 Å². The summed E-state index contributed by atoms with van der Waals surface area (Å²) in [6.45, 7) is 16.9.